The van der Waals surface area contributed by atoms with Gasteiger partial charge in [0.15, 0.2) is 0 Å². The van der Waals surface area contributed by atoms with Crippen LogP contribution in [0, 0.1) is 0 Å². The van der Waals surface area contributed by atoms with Crippen molar-refractivity contribution in [2.24, 2.45) is 0 Å². The standard InChI is InChI=1S/C13H11BrClNO2S2/c14-13-12(7-10(8-15)19-13)20(17,18)16-6-5-9-3-1-2-4-11(9)16/h1-4,7H,5-6,8H2. The van der Waals surface area contributed by atoms with Crippen LogP contribution in [0.15, 0.2) is 39.0 Å². The lowest BCUT2D eigenvalue weighted by Crippen LogP contribution is -2.29. The van der Waals surface area contributed by atoms with Crippen molar-refractivity contribution in [1.82, 2.24) is 0 Å². The van der Waals surface area contributed by atoms with Crippen LogP contribution in [0.3, 0.4) is 0 Å². The molecule has 3 rings (SSSR count). The van der Waals surface area contributed by atoms with E-state index in [1.807, 2.05) is 24.3 Å². The van der Waals surface area contributed by atoms with E-state index < -0.39 is 10.0 Å². The number of alkyl halides is 1. The van der Waals surface area contributed by atoms with Gasteiger partial charge in [-0.25, -0.2) is 8.42 Å². The Bertz CT molecular complexity index is 757. The Morgan fingerprint density at radius 1 is 1.35 bits per heavy atom. The molecular weight excluding hydrogens is 382 g/mol. The van der Waals surface area contributed by atoms with Gasteiger partial charge in [-0.3, -0.25) is 4.31 Å². The van der Waals surface area contributed by atoms with Crippen LogP contribution in [0.4, 0.5) is 5.69 Å². The predicted molar refractivity (Wildman–Crippen MR) is 86.3 cm³/mol. The summed E-state index contributed by atoms with van der Waals surface area (Å²) >= 11 is 10.5. The maximum atomic E-state index is 12.8. The molecular formula is C13H11BrClNO2S2. The molecule has 0 saturated heterocycles. The third-order valence-corrected chi connectivity index (χ3v) is 7.76. The number of hydrogen-bond donors (Lipinski definition) is 0. The number of fused-ring (bicyclic) bond motifs is 1. The van der Waals surface area contributed by atoms with E-state index in [-0.39, 0.29) is 0 Å². The second-order valence-corrected chi connectivity index (χ2v) is 8.99. The van der Waals surface area contributed by atoms with Crippen LogP contribution in [0.2, 0.25) is 0 Å². The van der Waals surface area contributed by atoms with Crippen molar-refractivity contribution >= 4 is 54.6 Å². The lowest BCUT2D eigenvalue weighted by molar-refractivity contribution is 0.592. The number of halogens is 2. The summed E-state index contributed by atoms with van der Waals surface area (Å²) in [7, 11) is -3.53. The fourth-order valence-electron chi connectivity index (χ4n) is 2.32. The van der Waals surface area contributed by atoms with Crippen LogP contribution in [0.1, 0.15) is 10.4 Å². The van der Waals surface area contributed by atoms with Crippen LogP contribution < -0.4 is 4.31 Å². The molecule has 1 aromatic heterocycles. The summed E-state index contributed by atoms with van der Waals surface area (Å²) in [5, 5.41) is 0. The number of rotatable bonds is 3. The first-order valence-corrected chi connectivity index (χ1v) is 9.57. The Morgan fingerprint density at radius 3 is 2.80 bits per heavy atom. The van der Waals surface area contributed by atoms with E-state index in [1.54, 1.807) is 6.07 Å². The molecule has 3 nitrogen and oxygen atoms in total. The van der Waals surface area contributed by atoms with Crippen molar-refractivity contribution in [2.45, 2.75) is 17.2 Å². The van der Waals surface area contributed by atoms with Crippen molar-refractivity contribution in [3.05, 3.63) is 44.6 Å². The summed E-state index contributed by atoms with van der Waals surface area (Å²) in [6, 6.07) is 9.26. The van der Waals surface area contributed by atoms with E-state index in [9.17, 15) is 8.42 Å². The minimum absolute atomic E-state index is 0.301. The number of nitrogens with zero attached hydrogens (tertiary/aromatic N) is 1. The first-order chi connectivity index (χ1) is 9.54. The maximum absolute atomic E-state index is 12.8. The monoisotopic (exact) mass is 391 g/mol. The third-order valence-electron chi connectivity index (χ3n) is 3.25. The quantitative estimate of drug-likeness (QED) is 0.740. The van der Waals surface area contributed by atoms with Crippen LogP contribution in [-0.4, -0.2) is 15.0 Å². The zero-order valence-corrected chi connectivity index (χ0v) is 14.3. The molecule has 0 spiro atoms. The highest BCUT2D eigenvalue weighted by Crippen LogP contribution is 2.38. The fraction of sp³-hybridized carbons (Fsp3) is 0.231. The molecule has 0 atom stereocenters. The molecule has 2 heterocycles. The van der Waals surface area contributed by atoms with Crippen molar-refractivity contribution in [3.8, 4) is 0 Å². The van der Waals surface area contributed by atoms with Gasteiger partial charge in [-0.05, 0) is 40.0 Å². The minimum Gasteiger partial charge on any atom is -0.266 e. The van der Waals surface area contributed by atoms with Gasteiger partial charge in [0.1, 0.15) is 4.90 Å². The summed E-state index contributed by atoms with van der Waals surface area (Å²) in [4.78, 5) is 1.14. The molecule has 7 heteroatoms. The van der Waals surface area contributed by atoms with E-state index in [2.05, 4.69) is 15.9 Å². The molecule has 106 valence electrons. The Hall–Kier alpha value is -0.560. The average Bonchev–Trinajstić information content (AvgIpc) is 3.02. The van der Waals surface area contributed by atoms with Gasteiger partial charge >= 0.3 is 0 Å². The van der Waals surface area contributed by atoms with Crippen molar-refractivity contribution in [3.63, 3.8) is 0 Å². The van der Waals surface area contributed by atoms with Crippen LogP contribution in [-0.2, 0) is 22.3 Å². The maximum Gasteiger partial charge on any atom is 0.266 e. The Morgan fingerprint density at radius 2 is 2.10 bits per heavy atom. The number of anilines is 1. The van der Waals surface area contributed by atoms with E-state index in [0.717, 1.165) is 22.5 Å². The zero-order valence-electron chi connectivity index (χ0n) is 10.3. The molecule has 0 aliphatic carbocycles. The first kappa shape index (κ1) is 14.4. The molecule has 2 aromatic rings. The predicted octanol–water partition coefficient (Wildman–Crippen LogP) is 4.00. The molecule has 0 saturated carbocycles. The van der Waals surface area contributed by atoms with Crippen molar-refractivity contribution in [1.29, 1.82) is 0 Å². The first-order valence-electron chi connectivity index (χ1n) is 5.99. The number of sulfonamides is 1. The highest BCUT2D eigenvalue weighted by Gasteiger charge is 2.32. The Labute approximate surface area is 135 Å². The molecule has 0 radical (unpaired) electrons. The molecule has 0 bridgehead atoms. The van der Waals surface area contributed by atoms with E-state index >= 15 is 0 Å². The highest BCUT2D eigenvalue weighted by molar-refractivity contribution is 9.11. The fourth-order valence-corrected chi connectivity index (χ4v) is 6.55. The molecule has 1 aliphatic heterocycles. The largest absolute Gasteiger partial charge is 0.266 e. The van der Waals surface area contributed by atoms with Crippen LogP contribution in [0.5, 0.6) is 0 Å². The number of para-hydroxylation sites is 1. The average molecular weight is 393 g/mol. The summed E-state index contributed by atoms with van der Waals surface area (Å²) in [5.41, 5.74) is 1.85. The highest BCUT2D eigenvalue weighted by atomic mass is 79.9. The molecule has 1 aromatic carbocycles. The van der Waals surface area contributed by atoms with Gasteiger partial charge in [-0.1, -0.05) is 18.2 Å². The van der Waals surface area contributed by atoms with Gasteiger partial charge in [-0.2, -0.15) is 0 Å². The van der Waals surface area contributed by atoms with Gasteiger partial charge in [0, 0.05) is 11.4 Å². The SMILES string of the molecule is O=S(=O)(c1cc(CCl)sc1Br)N1CCc2ccccc21. The van der Waals surface area contributed by atoms with Crippen molar-refractivity contribution in [2.75, 3.05) is 10.8 Å². The summed E-state index contributed by atoms with van der Waals surface area (Å²) in [6.07, 6.45) is 0.750. The van der Waals surface area contributed by atoms with Gasteiger partial charge < -0.3 is 0 Å². The number of thiophene rings is 1. The van der Waals surface area contributed by atoms with Gasteiger partial charge in [0.05, 0.1) is 15.4 Å². The van der Waals surface area contributed by atoms with Gasteiger partial charge in [0.2, 0.25) is 0 Å². The molecule has 0 unspecified atom stereocenters. The normalized spacial score (nSPS) is 14.6. The second-order valence-electron chi connectivity index (χ2n) is 4.44. The zero-order chi connectivity index (χ0) is 14.3. The lowest BCUT2D eigenvalue weighted by Gasteiger charge is -2.19. The smallest absolute Gasteiger partial charge is 0.266 e. The Kier molecular flexibility index (Phi) is 3.83. The topological polar surface area (TPSA) is 37.4 Å². The lowest BCUT2D eigenvalue weighted by atomic mass is 10.2. The number of hydrogen-bond acceptors (Lipinski definition) is 3. The molecule has 0 amide bonds. The molecule has 20 heavy (non-hydrogen) atoms. The number of benzene rings is 1. The second kappa shape index (κ2) is 5.33. The molecule has 0 fully saturated rings. The summed E-state index contributed by atoms with van der Waals surface area (Å²) < 4.78 is 27.7. The summed E-state index contributed by atoms with van der Waals surface area (Å²) in [6.45, 7) is 0.486. The van der Waals surface area contributed by atoms with E-state index in [1.165, 1.54) is 15.6 Å². The van der Waals surface area contributed by atoms with Crippen molar-refractivity contribution < 1.29 is 8.42 Å². The van der Waals surface area contributed by atoms with Crippen LogP contribution in [0.25, 0.3) is 0 Å². The minimum atomic E-state index is -3.53. The van der Waals surface area contributed by atoms with Gasteiger partial charge in [-0.15, -0.1) is 22.9 Å². The van der Waals surface area contributed by atoms with Gasteiger partial charge in [0.25, 0.3) is 10.0 Å². The Balaban J connectivity index is 2.07. The van der Waals surface area contributed by atoms with Crippen LogP contribution >= 0.6 is 38.9 Å². The third kappa shape index (κ3) is 2.28. The summed E-state index contributed by atoms with van der Waals surface area (Å²) in [5.74, 6) is 0.315. The molecule has 0 N–H and O–H groups in total. The molecule has 1 aliphatic rings. The van der Waals surface area contributed by atoms with E-state index in [0.29, 0.717) is 21.1 Å². The van der Waals surface area contributed by atoms with E-state index in [4.69, 9.17) is 11.6 Å².